The van der Waals surface area contributed by atoms with Crippen molar-refractivity contribution in [1.29, 1.82) is 0 Å². The first-order valence-corrected chi connectivity index (χ1v) is 6.19. The van der Waals surface area contributed by atoms with E-state index in [1.807, 2.05) is 29.1 Å². The summed E-state index contributed by atoms with van der Waals surface area (Å²) >= 11 is 1.44. The Balaban J connectivity index is 2.09. The molecule has 0 aliphatic carbocycles. The first kappa shape index (κ1) is 11.0. The van der Waals surface area contributed by atoms with Gasteiger partial charge >= 0.3 is 5.97 Å². The number of thiazole rings is 1. The first-order chi connectivity index (χ1) is 8.65. The first-order valence-electron chi connectivity index (χ1n) is 5.31. The minimum absolute atomic E-state index is 0.00118. The van der Waals surface area contributed by atoms with Crippen LogP contribution in [0.3, 0.4) is 0 Å². The molecule has 0 unspecified atom stereocenters. The molecular weight excluding hydrogens is 252 g/mol. The van der Waals surface area contributed by atoms with E-state index in [9.17, 15) is 4.79 Å². The zero-order chi connectivity index (χ0) is 12.7. The zero-order valence-electron chi connectivity index (χ0n) is 9.57. The van der Waals surface area contributed by atoms with Crippen LogP contribution in [0.4, 0.5) is 0 Å². The minimum atomic E-state index is -0.842. The van der Waals surface area contributed by atoms with Crippen molar-refractivity contribution in [3.05, 3.63) is 29.5 Å². The molecule has 0 spiro atoms. The van der Waals surface area contributed by atoms with Crippen molar-refractivity contribution < 1.29 is 9.90 Å². The van der Waals surface area contributed by atoms with E-state index in [2.05, 4.69) is 10.1 Å². The summed E-state index contributed by atoms with van der Waals surface area (Å²) in [6.07, 6.45) is 3.56. The molecule has 92 valence electrons. The van der Waals surface area contributed by atoms with Gasteiger partial charge in [0.05, 0.1) is 12.1 Å². The number of aliphatic carboxylic acids is 1. The number of carbonyl (C=O) groups is 1. The summed E-state index contributed by atoms with van der Waals surface area (Å²) in [7, 11) is 1.85. The number of imidazole rings is 1. The normalized spacial score (nSPS) is 11.2. The lowest BCUT2D eigenvalue weighted by molar-refractivity contribution is -0.136. The number of carboxylic acids is 1. The fourth-order valence-electron chi connectivity index (χ4n) is 1.86. The third kappa shape index (κ3) is 1.68. The molecule has 0 saturated heterocycles. The molecule has 6 nitrogen and oxygen atoms in total. The highest BCUT2D eigenvalue weighted by Crippen LogP contribution is 2.23. The van der Waals surface area contributed by atoms with Gasteiger partial charge in [-0.25, -0.2) is 4.98 Å². The smallest absolute Gasteiger partial charge is 0.309 e. The quantitative estimate of drug-likeness (QED) is 0.775. The topological polar surface area (TPSA) is 72.4 Å². The summed E-state index contributed by atoms with van der Waals surface area (Å²) in [5.41, 5.74) is 2.45. The lowest BCUT2D eigenvalue weighted by Crippen LogP contribution is -2.02. The molecule has 0 bridgehead atoms. The largest absolute Gasteiger partial charge is 0.481 e. The lowest BCUT2D eigenvalue weighted by Gasteiger charge is -1.96. The fraction of sp³-hybridized carbons (Fsp3) is 0.182. The molecule has 0 aromatic carbocycles. The van der Waals surface area contributed by atoms with Gasteiger partial charge in [-0.2, -0.15) is 5.10 Å². The summed E-state index contributed by atoms with van der Waals surface area (Å²) in [6.45, 7) is 0. The molecule has 18 heavy (non-hydrogen) atoms. The van der Waals surface area contributed by atoms with Crippen LogP contribution in [0.15, 0.2) is 23.8 Å². The van der Waals surface area contributed by atoms with Crippen LogP contribution >= 0.6 is 11.3 Å². The van der Waals surface area contributed by atoms with E-state index >= 15 is 0 Å². The molecule has 0 saturated carbocycles. The Morgan fingerprint density at radius 1 is 1.56 bits per heavy atom. The molecule has 3 heterocycles. The van der Waals surface area contributed by atoms with E-state index in [-0.39, 0.29) is 6.42 Å². The van der Waals surface area contributed by atoms with Gasteiger partial charge < -0.3 is 5.11 Å². The van der Waals surface area contributed by atoms with E-state index in [0.29, 0.717) is 0 Å². The molecule has 3 aromatic heterocycles. The maximum Gasteiger partial charge on any atom is 0.309 e. The molecule has 3 rings (SSSR count). The Kier molecular flexibility index (Phi) is 2.41. The van der Waals surface area contributed by atoms with E-state index in [4.69, 9.17) is 5.11 Å². The average Bonchev–Trinajstić information content (AvgIpc) is 2.94. The van der Waals surface area contributed by atoms with Gasteiger partial charge in [-0.05, 0) is 6.07 Å². The van der Waals surface area contributed by atoms with Gasteiger partial charge in [0.2, 0.25) is 0 Å². The molecule has 3 aromatic rings. The van der Waals surface area contributed by atoms with Gasteiger partial charge in [0, 0.05) is 30.5 Å². The predicted octanol–water partition coefficient (Wildman–Crippen LogP) is 1.42. The third-order valence-corrected chi connectivity index (χ3v) is 3.59. The van der Waals surface area contributed by atoms with Crippen molar-refractivity contribution in [2.24, 2.45) is 7.05 Å². The van der Waals surface area contributed by atoms with Crippen LogP contribution in [-0.4, -0.2) is 30.2 Å². The Morgan fingerprint density at radius 2 is 2.39 bits per heavy atom. The summed E-state index contributed by atoms with van der Waals surface area (Å²) in [5, 5.41) is 14.8. The summed E-state index contributed by atoms with van der Waals surface area (Å²) < 4.78 is 3.56. The number of rotatable bonds is 3. The maximum absolute atomic E-state index is 10.8. The van der Waals surface area contributed by atoms with Crippen LogP contribution in [0.5, 0.6) is 0 Å². The molecule has 0 fully saturated rings. The summed E-state index contributed by atoms with van der Waals surface area (Å²) in [4.78, 5) is 16.0. The van der Waals surface area contributed by atoms with Gasteiger partial charge in [0.15, 0.2) is 4.96 Å². The van der Waals surface area contributed by atoms with Crippen LogP contribution in [-0.2, 0) is 18.3 Å². The van der Waals surface area contributed by atoms with Crippen LogP contribution in [0, 0.1) is 0 Å². The Hall–Kier alpha value is -2.15. The number of aromatic nitrogens is 4. The SMILES string of the molecule is Cn1nccc1-c1cn2c(CC(=O)O)csc2n1. The van der Waals surface area contributed by atoms with Crippen LogP contribution in [0.2, 0.25) is 0 Å². The maximum atomic E-state index is 10.8. The number of nitrogens with zero attached hydrogens (tertiary/aromatic N) is 4. The number of hydrogen-bond acceptors (Lipinski definition) is 4. The number of aryl methyl sites for hydroxylation is 1. The standard InChI is InChI=1S/C11H10N4O2S/c1-14-9(2-3-12-14)8-5-15-7(4-10(16)17)6-18-11(15)13-8/h2-3,5-6H,4H2,1H3,(H,16,17). The Morgan fingerprint density at radius 3 is 3.06 bits per heavy atom. The van der Waals surface area contributed by atoms with Crippen molar-refractivity contribution in [3.8, 4) is 11.4 Å². The second kappa shape index (κ2) is 3.95. The number of fused-ring (bicyclic) bond motifs is 1. The molecule has 0 aliphatic heterocycles. The van der Waals surface area contributed by atoms with Gasteiger partial charge in [-0.1, -0.05) is 0 Å². The molecule has 1 N–H and O–H groups in total. The van der Waals surface area contributed by atoms with E-state index < -0.39 is 5.97 Å². The van der Waals surface area contributed by atoms with Crippen LogP contribution in [0.1, 0.15) is 5.69 Å². The average molecular weight is 262 g/mol. The van der Waals surface area contributed by atoms with Crippen molar-refractivity contribution in [2.45, 2.75) is 6.42 Å². The van der Waals surface area contributed by atoms with E-state index in [1.165, 1.54) is 11.3 Å². The van der Waals surface area contributed by atoms with Crippen molar-refractivity contribution in [1.82, 2.24) is 19.2 Å². The lowest BCUT2D eigenvalue weighted by atomic mass is 10.3. The zero-order valence-corrected chi connectivity index (χ0v) is 10.4. The number of hydrogen-bond donors (Lipinski definition) is 1. The van der Waals surface area contributed by atoms with Crippen LogP contribution < -0.4 is 0 Å². The van der Waals surface area contributed by atoms with E-state index in [1.54, 1.807) is 10.9 Å². The Bertz CT molecular complexity index is 724. The number of carboxylic acid groups (broad SMARTS) is 1. The molecule has 0 radical (unpaired) electrons. The highest BCUT2D eigenvalue weighted by atomic mass is 32.1. The van der Waals surface area contributed by atoms with Crippen molar-refractivity contribution in [2.75, 3.05) is 0 Å². The van der Waals surface area contributed by atoms with E-state index in [0.717, 1.165) is 22.0 Å². The Labute approximate surface area is 106 Å². The molecule has 0 atom stereocenters. The van der Waals surface area contributed by atoms with Gasteiger partial charge in [-0.3, -0.25) is 13.9 Å². The van der Waals surface area contributed by atoms with Crippen LogP contribution in [0.25, 0.3) is 16.3 Å². The molecule has 0 aliphatic rings. The molecule has 0 amide bonds. The van der Waals surface area contributed by atoms with Gasteiger partial charge in [0.25, 0.3) is 0 Å². The minimum Gasteiger partial charge on any atom is -0.481 e. The molecular formula is C11H10N4O2S. The highest BCUT2D eigenvalue weighted by Gasteiger charge is 2.13. The van der Waals surface area contributed by atoms with Gasteiger partial charge in [-0.15, -0.1) is 11.3 Å². The van der Waals surface area contributed by atoms with Crippen molar-refractivity contribution >= 4 is 22.3 Å². The fourth-order valence-corrected chi connectivity index (χ4v) is 2.73. The second-order valence-electron chi connectivity index (χ2n) is 3.92. The highest BCUT2D eigenvalue weighted by molar-refractivity contribution is 7.15. The predicted molar refractivity (Wildman–Crippen MR) is 66.6 cm³/mol. The molecule has 7 heteroatoms. The monoisotopic (exact) mass is 262 g/mol. The van der Waals surface area contributed by atoms with Crippen molar-refractivity contribution in [3.63, 3.8) is 0 Å². The summed E-state index contributed by atoms with van der Waals surface area (Å²) in [5.74, 6) is -0.842. The summed E-state index contributed by atoms with van der Waals surface area (Å²) in [6, 6.07) is 1.88. The second-order valence-corrected chi connectivity index (χ2v) is 4.75. The van der Waals surface area contributed by atoms with Gasteiger partial charge in [0.1, 0.15) is 5.69 Å². The third-order valence-electron chi connectivity index (χ3n) is 2.70.